The number of aryl methyl sites for hydroxylation is 4. The number of hydrogen-bond donors (Lipinski definition) is 1. The number of aromatic nitrogens is 4. The summed E-state index contributed by atoms with van der Waals surface area (Å²) in [5.41, 5.74) is 3.72. The van der Waals surface area contributed by atoms with Gasteiger partial charge in [0.25, 0.3) is 0 Å². The van der Waals surface area contributed by atoms with Crippen molar-refractivity contribution in [3.63, 3.8) is 0 Å². The highest BCUT2D eigenvalue weighted by atomic mass is 15.3. The Balaban J connectivity index is 2.09. The second-order valence-electron chi connectivity index (χ2n) is 5.53. The van der Waals surface area contributed by atoms with E-state index in [1.165, 1.54) is 11.4 Å². The van der Waals surface area contributed by atoms with Crippen LogP contribution in [0, 0.1) is 0 Å². The van der Waals surface area contributed by atoms with Crippen molar-refractivity contribution < 1.29 is 0 Å². The van der Waals surface area contributed by atoms with E-state index < -0.39 is 0 Å². The van der Waals surface area contributed by atoms with Crippen LogP contribution in [0.4, 0.5) is 0 Å². The Morgan fingerprint density at radius 1 is 1.24 bits per heavy atom. The van der Waals surface area contributed by atoms with Crippen molar-refractivity contribution in [1.29, 1.82) is 0 Å². The summed E-state index contributed by atoms with van der Waals surface area (Å²) >= 11 is 0. The average molecular weight is 289 g/mol. The Labute approximate surface area is 127 Å². The number of nitrogens with zero attached hydrogens (tertiary/aromatic N) is 4. The quantitative estimate of drug-likeness (QED) is 0.811. The first kappa shape index (κ1) is 15.8. The lowest BCUT2D eigenvalue weighted by atomic mass is 10.1. The van der Waals surface area contributed by atoms with E-state index in [0.29, 0.717) is 6.04 Å². The second-order valence-corrected chi connectivity index (χ2v) is 5.53. The SMILES string of the molecule is CCCNC(CCc1ccnn1C)c1cc(CC)nn1C. The summed E-state index contributed by atoms with van der Waals surface area (Å²) in [4.78, 5) is 0. The summed E-state index contributed by atoms with van der Waals surface area (Å²) in [7, 11) is 4.04. The van der Waals surface area contributed by atoms with Crippen LogP contribution in [0.5, 0.6) is 0 Å². The third-order valence-corrected chi connectivity index (χ3v) is 3.94. The lowest BCUT2D eigenvalue weighted by Gasteiger charge is -2.18. The molecule has 2 aromatic rings. The third kappa shape index (κ3) is 3.94. The molecule has 0 aliphatic rings. The molecule has 0 aliphatic carbocycles. The second kappa shape index (κ2) is 7.41. The van der Waals surface area contributed by atoms with Crippen molar-refractivity contribution in [1.82, 2.24) is 24.9 Å². The molecule has 5 heteroatoms. The van der Waals surface area contributed by atoms with Crippen molar-refractivity contribution in [3.05, 3.63) is 35.4 Å². The van der Waals surface area contributed by atoms with Gasteiger partial charge in [0.15, 0.2) is 0 Å². The molecule has 0 fully saturated rings. The first-order valence-electron chi connectivity index (χ1n) is 7.88. The van der Waals surface area contributed by atoms with Crippen LogP contribution in [-0.4, -0.2) is 26.1 Å². The maximum atomic E-state index is 4.58. The molecule has 116 valence electrons. The van der Waals surface area contributed by atoms with Crippen LogP contribution in [0.25, 0.3) is 0 Å². The van der Waals surface area contributed by atoms with Crippen molar-refractivity contribution in [2.45, 2.75) is 45.6 Å². The van der Waals surface area contributed by atoms with Crippen LogP contribution in [-0.2, 0) is 26.9 Å². The number of hydrogen-bond acceptors (Lipinski definition) is 3. The fraction of sp³-hybridized carbons (Fsp3) is 0.625. The molecule has 0 spiro atoms. The van der Waals surface area contributed by atoms with Crippen LogP contribution < -0.4 is 5.32 Å². The summed E-state index contributed by atoms with van der Waals surface area (Å²) in [5.74, 6) is 0. The van der Waals surface area contributed by atoms with Gasteiger partial charge >= 0.3 is 0 Å². The lowest BCUT2D eigenvalue weighted by molar-refractivity contribution is 0.462. The Bertz CT molecular complexity index is 555. The molecule has 1 atom stereocenters. The predicted molar refractivity (Wildman–Crippen MR) is 85.1 cm³/mol. The van der Waals surface area contributed by atoms with Gasteiger partial charge in [-0.1, -0.05) is 13.8 Å². The molecule has 21 heavy (non-hydrogen) atoms. The van der Waals surface area contributed by atoms with E-state index in [4.69, 9.17) is 0 Å². The average Bonchev–Trinajstić information content (AvgIpc) is 3.05. The lowest BCUT2D eigenvalue weighted by Crippen LogP contribution is -2.25. The summed E-state index contributed by atoms with van der Waals surface area (Å²) in [5, 5.41) is 12.5. The van der Waals surface area contributed by atoms with Gasteiger partial charge in [0.1, 0.15) is 0 Å². The Morgan fingerprint density at radius 3 is 2.62 bits per heavy atom. The van der Waals surface area contributed by atoms with Crippen molar-refractivity contribution in [2.24, 2.45) is 14.1 Å². The number of nitrogens with one attached hydrogen (secondary N) is 1. The van der Waals surface area contributed by atoms with Crippen LogP contribution in [0.3, 0.4) is 0 Å². The zero-order valence-electron chi connectivity index (χ0n) is 13.6. The van der Waals surface area contributed by atoms with Crippen molar-refractivity contribution in [2.75, 3.05) is 6.54 Å². The molecular formula is C16H27N5. The van der Waals surface area contributed by atoms with Gasteiger partial charge in [-0.15, -0.1) is 0 Å². The molecule has 0 aliphatic heterocycles. The van der Waals surface area contributed by atoms with E-state index in [1.54, 1.807) is 0 Å². The molecule has 0 amide bonds. The minimum Gasteiger partial charge on any atom is -0.309 e. The van der Waals surface area contributed by atoms with Gasteiger partial charge < -0.3 is 5.32 Å². The molecule has 1 unspecified atom stereocenters. The largest absolute Gasteiger partial charge is 0.309 e. The number of rotatable bonds is 8. The normalized spacial score (nSPS) is 12.8. The Kier molecular flexibility index (Phi) is 5.56. The highest BCUT2D eigenvalue weighted by Crippen LogP contribution is 2.20. The maximum absolute atomic E-state index is 4.58. The Morgan fingerprint density at radius 2 is 2.05 bits per heavy atom. The summed E-state index contributed by atoms with van der Waals surface area (Å²) < 4.78 is 3.98. The zero-order valence-corrected chi connectivity index (χ0v) is 13.6. The molecule has 0 saturated heterocycles. The standard InChI is InChI=1S/C16H27N5/c1-5-10-17-15(8-7-14-9-11-18-20(14)3)16-12-13(6-2)19-21(16)4/h9,11-12,15,17H,5-8,10H2,1-4H3. The molecule has 0 bridgehead atoms. The van der Waals surface area contributed by atoms with Crippen LogP contribution in [0.1, 0.15) is 49.8 Å². The molecule has 2 aromatic heterocycles. The van der Waals surface area contributed by atoms with Gasteiger partial charge in [0.2, 0.25) is 0 Å². The van der Waals surface area contributed by atoms with E-state index >= 15 is 0 Å². The zero-order chi connectivity index (χ0) is 15.2. The van der Waals surface area contributed by atoms with Gasteiger partial charge in [-0.2, -0.15) is 10.2 Å². The topological polar surface area (TPSA) is 47.7 Å². The van der Waals surface area contributed by atoms with E-state index in [0.717, 1.165) is 37.9 Å². The third-order valence-electron chi connectivity index (χ3n) is 3.94. The predicted octanol–water partition coefficient (Wildman–Crippen LogP) is 2.39. The van der Waals surface area contributed by atoms with E-state index in [1.807, 2.05) is 29.7 Å². The van der Waals surface area contributed by atoms with E-state index in [-0.39, 0.29) is 0 Å². The fourth-order valence-corrected chi connectivity index (χ4v) is 2.65. The highest BCUT2D eigenvalue weighted by Gasteiger charge is 2.16. The monoisotopic (exact) mass is 289 g/mol. The van der Waals surface area contributed by atoms with Crippen molar-refractivity contribution >= 4 is 0 Å². The molecule has 0 radical (unpaired) electrons. The van der Waals surface area contributed by atoms with Crippen LogP contribution in [0.15, 0.2) is 18.3 Å². The van der Waals surface area contributed by atoms with E-state index in [9.17, 15) is 0 Å². The molecule has 2 heterocycles. The molecule has 0 aromatic carbocycles. The molecule has 0 saturated carbocycles. The molecule has 5 nitrogen and oxygen atoms in total. The minimum absolute atomic E-state index is 0.345. The first-order valence-corrected chi connectivity index (χ1v) is 7.88. The van der Waals surface area contributed by atoms with Crippen LogP contribution in [0.2, 0.25) is 0 Å². The van der Waals surface area contributed by atoms with Gasteiger partial charge in [-0.25, -0.2) is 0 Å². The summed E-state index contributed by atoms with van der Waals surface area (Å²) in [6, 6.07) is 4.67. The molecule has 1 N–H and O–H groups in total. The van der Waals surface area contributed by atoms with Gasteiger partial charge in [-0.3, -0.25) is 9.36 Å². The Hall–Kier alpha value is -1.62. The first-order chi connectivity index (χ1) is 10.2. The van der Waals surface area contributed by atoms with Gasteiger partial charge in [0, 0.05) is 32.0 Å². The summed E-state index contributed by atoms with van der Waals surface area (Å²) in [6.45, 7) is 5.38. The summed E-state index contributed by atoms with van der Waals surface area (Å²) in [6.07, 6.45) is 6.06. The maximum Gasteiger partial charge on any atom is 0.0625 e. The highest BCUT2D eigenvalue weighted by molar-refractivity contribution is 5.15. The van der Waals surface area contributed by atoms with Gasteiger partial charge in [-0.05, 0) is 44.4 Å². The molecular weight excluding hydrogens is 262 g/mol. The smallest absolute Gasteiger partial charge is 0.0625 e. The fourth-order valence-electron chi connectivity index (χ4n) is 2.65. The van der Waals surface area contributed by atoms with Crippen LogP contribution >= 0.6 is 0 Å². The molecule has 2 rings (SSSR count). The minimum atomic E-state index is 0.345. The van der Waals surface area contributed by atoms with Crippen molar-refractivity contribution in [3.8, 4) is 0 Å². The van der Waals surface area contributed by atoms with E-state index in [2.05, 4.69) is 41.5 Å². The van der Waals surface area contributed by atoms with Gasteiger partial charge in [0.05, 0.1) is 11.4 Å².